The van der Waals surface area contributed by atoms with E-state index in [-0.39, 0.29) is 5.92 Å². The summed E-state index contributed by atoms with van der Waals surface area (Å²) in [6, 6.07) is 12.6. The van der Waals surface area contributed by atoms with Crippen LogP contribution < -0.4 is 9.64 Å². The van der Waals surface area contributed by atoms with E-state index in [9.17, 15) is 5.26 Å². The molecule has 0 aliphatic carbocycles. The number of imidazole rings is 1. The van der Waals surface area contributed by atoms with Crippen LogP contribution in [0, 0.1) is 18.3 Å². The third kappa shape index (κ3) is 5.14. The third-order valence-electron chi connectivity index (χ3n) is 7.51. The van der Waals surface area contributed by atoms with Crippen LogP contribution in [0.5, 0.6) is 5.88 Å². The average molecular weight is 510 g/mol. The topological polar surface area (TPSA) is 82.6 Å². The van der Waals surface area contributed by atoms with Crippen LogP contribution in [0.15, 0.2) is 60.2 Å². The van der Waals surface area contributed by atoms with Crippen molar-refractivity contribution >= 4 is 11.4 Å². The molecular formula is C30H35N7O. The number of allylic oxidation sites excluding steroid dienone is 1. The van der Waals surface area contributed by atoms with Crippen molar-refractivity contribution in [2.45, 2.75) is 51.9 Å². The van der Waals surface area contributed by atoms with Gasteiger partial charge in [0.25, 0.3) is 0 Å². The SMILES string of the molecule is C=C1[C@H](c2cc(N3CCCCC3)ccc2C#N)CCCN1/N=C(\C)c1ccc(-n2cnc(C)c2)c(OC)n1. The lowest BCUT2D eigenvalue weighted by molar-refractivity contribution is 0.285. The fourth-order valence-electron chi connectivity index (χ4n) is 5.44. The monoisotopic (exact) mass is 509 g/mol. The number of nitrogens with zero attached hydrogens (tertiary/aromatic N) is 7. The molecule has 2 aromatic heterocycles. The predicted molar refractivity (Wildman–Crippen MR) is 150 cm³/mol. The third-order valence-corrected chi connectivity index (χ3v) is 7.51. The highest BCUT2D eigenvalue weighted by molar-refractivity contribution is 5.97. The summed E-state index contributed by atoms with van der Waals surface area (Å²) >= 11 is 0. The van der Waals surface area contributed by atoms with Crippen molar-refractivity contribution < 1.29 is 4.74 Å². The lowest BCUT2D eigenvalue weighted by atomic mass is 9.85. The number of methoxy groups -OCH3 is 1. The van der Waals surface area contributed by atoms with Crippen molar-refractivity contribution in [2.75, 3.05) is 31.6 Å². The molecule has 0 radical (unpaired) electrons. The van der Waals surface area contributed by atoms with Crippen molar-refractivity contribution in [1.82, 2.24) is 19.5 Å². The quantitative estimate of drug-likeness (QED) is 0.405. The van der Waals surface area contributed by atoms with Crippen LogP contribution in [0.3, 0.4) is 0 Å². The van der Waals surface area contributed by atoms with Gasteiger partial charge in [-0.2, -0.15) is 10.4 Å². The second kappa shape index (κ2) is 11.1. The molecule has 2 aliphatic heterocycles. The summed E-state index contributed by atoms with van der Waals surface area (Å²) < 4.78 is 7.49. The average Bonchev–Trinajstić information content (AvgIpc) is 3.39. The first kappa shape index (κ1) is 25.5. The van der Waals surface area contributed by atoms with Crippen molar-refractivity contribution in [1.29, 1.82) is 5.26 Å². The summed E-state index contributed by atoms with van der Waals surface area (Å²) in [5.41, 5.74) is 7.16. The molecule has 2 aliphatic rings. The highest BCUT2D eigenvalue weighted by atomic mass is 16.5. The molecule has 0 bridgehead atoms. The Labute approximate surface area is 224 Å². The summed E-state index contributed by atoms with van der Waals surface area (Å²) in [6.45, 7) is 11.3. The molecule has 8 nitrogen and oxygen atoms in total. The first-order chi connectivity index (χ1) is 18.5. The van der Waals surface area contributed by atoms with E-state index in [1.54, 1.807) is 13.4 Å². The first-order valence-corrected chi connectivity index (χ1v) is 13.4. The second-order valence-electron chi connectivity index (χ2n) is 10.1. The minimum atomic E-state index is 0.0500. The molecule has 196 valence electrons. The predicted octanol–water partition coefficient (Wildman–Crippen LogP) is 5.56. The normalized spacial score (nSPS) is 18.4. The van der Waals surface area contributed by atoms with Gasteiger partial charge >= 0.3 is 0 Å². The maximum absolute atomic E-state index is 9.89. The van der Waals surface area contributed by atoms with Crippen LogP contribution in [0.1, 0.15) is 67.5 Å². The Hall–Kier alpha value is -4.12. The summed E-state index contributed by atoms with van der Waals surface area (Å²) in [5, 5.41) is 16.8. The smallest absolute Gasteiger partial charge is 0.238 e. The molecule has 0 N–H and O–H groups in total. The molecule has 3 aromatic rings. The highest BCUT2D eigenvalue weighted by Gasteiger charge is 2.28. The zero-order chi connectivity index (χ0) is 26.6. The molecule has 5 rings (SSSR count). The van der Waals surface area contributed by atoms with E-state index >= 15 is 0 Å². The molecule has 8 heteroatoms. The van der Waals surface area contributed by atoms with Crippen molar-refractivity contribution in [3.05, 3.63) is 77.6 Å². The number of rotatable bonds is 6. The molecule has 0 amide bonds. The molecule has 38 heavy (non-hydrogen) atoms. The van der Waals surface area contributed by atoms with Gasteiger partial charge < -0.3 is 14.2 Å². The Balaban J connectivity index is 1.40. The number of hydrogen-bond acceptors (Lipinski definition) is 7. The number of ether oxygens (including phenoxy) is 1. The number of anilines is 1. The Morgan fingerprint density at radius 2 is 1.95 bits per heavy atom. The van der Waals surface area contributed by atoms with E-state index in [1.165, 1.54) is 24.9 Å². The van der Waals surface area contributed by atoms with Crippen LogP contribution in [0.4, 0.5) is 5.69 Å². The number of aryl methyl sites for hydroxylation is 1. The Bertz CT molecular complexity index is 1390. The summed E-state index contributed by atoms with van der Waals surface area (Å²) in [5.74, 6) is 0.562. The van der Waals surface area contributed by atoms with Crippen molar-refractivity contribution in [3.63, 3.8) is 0 Å². The lowest BCUT2D eigenvalue weighted by Crippen LogP contribution is -2.31. The number of nitriles is 1. The van der Waals surface area contributed by atoms with Gasteiger partial charge in [0.2, 0.25) is 5.88 Å². The molecule has 0 saturated carbocycles. The molecule has 1 aromatic carbocycles. The lowest BCUT2D eigenvalue weighted by Gasteiger charge is -2.35. The number of hydrogen-bond donors (Lipinski definition) is 0. The Morgan fingerprint density at radius 3 is 2.66 bits per heavy atom. The van der Waals surface area contributed by atoms with Crippen LogP contribution in [0.2, 0.25) is 0 Å². The molecule has 4 heterocycles. The number of pyridine rings is 1. The molecule has 2 saturated heterocycles. The summed E-state index contributed by atoms with van der Waals surface area (Å²) in [7, 11) is 1.62. The Morgan fingerprint density at radius 1 is 1.13 bits per heavy atom. The maximum Gasteiger partial charge on any atom is 0.238 e. The number of hydrazone groups is 1. The molecule has 0 unspecified atom stereocenters. The minimum Gasteiger partial charge on any atom is -0.479 e. The van der Waals surface area contributed by atoms with E-state index in [4.69, 9.17) is 14.8 Å². The van der Waals surface area contributed by atoms with Crippen LogP contribution >= 0.6 is 0 Å². The van der Waals surface area contributed by atoms with E-state index in [1.807, 2.05) is 47.8 Å². The number of piperidine rings is 2. The van der Waals surface area contributed by atoms with Gasteiger partial charge in [0.15, 0.2) is 0 Å². The van der Waals surface area contributed by atoms with Gasteiger partial charge in [-0.1, -0.05) is 6.58 Å². The molecule has 0 spiro atoms. The van der Waals surface area contributed by atoms with Crippen LogP contribution in [-0.4, -0.2) is 52.0 Å². The van der Waals surface area contributed by atoms with Gasteiger partial charge in [-0.05, 0) is 81.8 Å². The molecular weight excluding hydrogens is 474 g/mol. The number of benzene rings is 1. The van der Waals surface area contributed by atoms with Gasteiger partial charge in [-0.3, -0.25) is 5.01 Å². The zero-order valence-corrected chi connectivity index (χ0v) is 22.5. The first-order valence-electron chi connectivity index (χ1n) is 13.4. The van der Waals surface area contributed by atoms with E-state index < -0.39 is 0 Å². The van der Waals surface area contributed by atoms with Gasteiger partial charge in [-0.15, -0.1) is 0 Å². The molecule has 2 fully saturated rings. The van der Waals surface area contributed by atoms with E-state index in [0.29, 0.717) is 5.88 Å². The zero-order valence-electron chi connectivity index (χ0n) is 22.5. The summed E-state index contributed by atoms with van der Waals surface area (Å²) in [4.78, 5) is 11.5. The van der Waals surface area contributed by atoms with Crippen molar-refractivity contribution in [2.24, 2.45) is 5.10 Å². The van der Waals surface area contributed by atoms with Gasteiger partial charge in [-0.25, -0.2) is 9.97 Å². The fraction of sp³-hybridized carbons (Fsp3) is 0.400. The summed E-state index contributed by atoms with van der Waals surface area (Å²) in [6.07, 6.45) is 9.33. The van der Waals surface area contributed by atoms with Crippen molar-refractivity contribution in [3.8, 4) is 17.6 Å². The van der Waals surface area contributed by atoms with E-state index in [2.05, 4.69) is 34.7 Å². The van der Waals surface area contributed by atoms with Gasteiger partial charge in [0.1, 0.15) is 5.69 Å². The van der Waals surface area contributed by atoms with E-state index in [0.717, 1.165) is 72.1 Å². The molecule has 1 atom stereocenters. The maximum atomic E-state index is 9.89. The standard InChI is InChI=1S/C30H35N7O/c1-21-19-36(20-32-21)29-13-12-28(33-30(29)38-4)22(2)34-37-16-8-9-26(23(37)3)27-17-25(11-10-24(27)18-31)35-14-6-5-7-15-35/h10-13,17,19-20,26H,3,5-9,14-16H2,1-2,4H3/b34-22+/t26-/m1/s1. The Kier molecular flexibility index (Phi) is 7.45. The van der Waals surface area contributed by atoms with Crippen LogP contribution in [0.25, 0.3) is 5.69 Å². The fourth-order valence-corrected chi connectivity index (χ4v) is 5.44. The second-order valence-corrected chi connectivity index (χ2v) is 10.1. The highest BCUT2D eigenvalue weighted by Crippen LogP contribution is 2.38. The largest absolute Gasteiger partial charge is 0.479 e. The minimum absolute atomic E-state index is 0.0500. The van der Waals surface area contributed by atoms with Crippen LogP contribution in [-0.2, 0) is 0 Å². The van der Waals surface area contributed by atoms with Gasteiger partial charge in [0, 0.05) is 43.1 Å². The van der Waals surface area contributed by atoms with Gasteiger partial charge in [0.05, 0.1) is 42.2 Å². The number of aromatic nitrogens is 3.